The van der Waals surface area contributed by atoms with E-state index in [1.54, 1.807) is 25.1 Å². The minimum Gasteiger partial charge on any atom is -0.323 e. The summed E-state index contributed by atoms with van der Waals surface area (Å²) in [6.45, 7) is 1.61. The number of benzene rings is 2. The number of halogens is 1. The second-order valence-corrected chi connectivity index (χ2v) is 6.72. The third-order valence-corrected chi connectivity index (χ3v) is 4.87. The molecule has 0 fully saturated rings. The van der Waals surface area contributed by atoms with Crippen molar-refractivity contribution in [3.63, 3.8) is 0 Å². The second-order valence-electron chi connectivity index (χ2n) is 5.87. The van der Waals surface area contributed by atoms with Crippen molar-refractivity contribution in [3.8, 4) is 11.3 Å². The van der Waals surface area contributed by atoms with Crippen molar-refractivity contribution in [3.05, 3.63) is 76.8 Å². The number of hydrogen-bond donors (Lipinski definition) is 1. The Kier molecular flexibility index (Phi) is 5.71. The molecule has 0 spiro atoms. The van der Waals surface area contributed by atoms with Gasteiger partial charge in [0.05, 0.1) is 11.4 Å². The number of carbonyl (C=O) groups is 1. The second kappa shape index (κ2) is 8.18. The van der Waals surface area contributed by atoms with E-state index < -0.39 is 6.04 Å². The van der Waals surface area contributed by atoms with Crippen LogP contribution in [0.25, 0.3) is 11.3 Å². The Morgan fingerprint density at radius 2 is 1.81 bits per heavy atom. The number of para-hydroxylation sites is 1. The third-order valence-electron chi connectivity index (χ3n) is 4.08. The van der Waals surface area contributed by atoms with Gasteiger partial charge in [-0.2, -0.15) is 5.10 Å². The Morgan fingerprint density at radius 3 is 2.52 bits per heavy atom. The molecule has 0 saturated heterocycles. The van der Waals surface area contributed by atoms with Crippen LogP contribution in [0, 0.1) is 5.82 Å². The van der Waals surface area contributed by atoms with E-state index in [0.717, 1.165) is 9.58 Å². The first-order chi connectivity index (χ1) is 13.0. The van der Waals surface area contributed by atoms with Gasteiger partial charge in [0.2, 0.25) is 5.91 Å². The van der Waals surface area contributed by atoms with Crippen molar-refractivity contribution >= 4 is 23.4 Å². The SMILES string of the molecule is CSc1ccccc1NC(=O)C(C)n1nc(-c2ccc(F)cc2)ccc1=O. The average Bonchev–Trinajstić information content (AvgIpc) is 2.69. The number of thioether (sulfide) groups is 1. The number of rotatable bonds is 5. The number of carbonyl (C=O) groups excluding carboxylic acids is 1. The molecule has 138 valence electrons. The zero-order chi connectivity index (χ0) is 19.4. The first-order valence-corrected chi connectivity index (χ1v) is 9.52. The van der Waals surface area contributed by atoms with Crippen LogP contribution in [0.4, 0.5) is 10.1 Å². The van der Waals surface area contributed by atoms with Gasteiger partial charge in [-0.1, -0.05) is 12.1 Å². The summed E-state index contributed by atoms with van der Waals surface area (Å²) in [6.07, 6.45) is 1.92. The summed E-state index contributed by atoms with van der Waals surface area (Å²) < 4.78 is 14.3. The van der Waals surface area contributed by atoms with Crippen molar-refractivity contribution < 1.29 is 9.18 Å². The third kappa shape index (κ3) is 4.25. The maximum absolute atomic E-state index is 13.1. The first-order valence-electron chi connectivity index (χ1n) is 8.29. The van der Waals surface area contributed by atoms with Crippen LogP contribution in [0.2, 0.25) is 0 Å². The number of nitrogens with one attached hydrogen (secondary N) is 1. The van der Waals surface area contributed by atoms with E-state index in [1.165, 1.54) is 30.0 Å². The van der Waals surface area contributed by atoms with Gasteiger partial charge in [0.15, 0.2) is 0 Å². The summed E-state index contributed by atoms with van der Waals surface area (Å²) in [5.74, 6) is -0.699. The van der Waals surface area contributed by atoms with Crippen LogP contribution < -0.4 is 10.9 Å². The minimum absolute atomic E-state index is 0.345. The fourth-order valence-corrected chi connectivity index (χ4v) is 3.13. The molecule has 0 bridgehead atoms. The first kappa shape index (κ1) is 18.8. The van der Waals surface area contributed by atoms with Crippen LogP contribution in [-0.4, -0.2) is 21.9 Å². The molecule has 0 aliphatic heterocycles. The Labute approximate surface area is 160 Å². The standard InChI is InChI=1S/C20H18FN3O2S/c1-13(20(26)22-17-5-3-4-6-18(17)27-2)24-19(25)12-11-16(23-24)14-7-9-15(21)10-8-14/h3-13H,1-2H3,(H,22,26). The Bertz CT molecular complexity index is 1020. The lowest BCUT2D eigenvalue weighted by Gasteiger charge is -2.16. The highest BCUT2D eigenvalue weighted by Crippen LogP contribution is 2.25. The summed E-state index contributed by atoms with van der Waals surface area (Å²) in [5.41, 5.74) is 1.44. The number of anilines is 1. The van der Waals surface area contributed by atoms with E-state index in [1.807, 2.05) is 30.5 Å². The zero-order valence-corrected chi connectivity index (χ0v) is 15.7. The van der Waals surface area contributed by atoms with Gasteiger partial charge in [-0.05, 0) is 55.6 Å². The monoisotopic (exact) mass is 383 g/mol. The zero-order valence-electron chi connectivity index (χ0n) is 14.8. The molecule has 2 aromatic carbocycles. The summed E-state index contributed by atoms with van der Waals surface area (Å²) in [7, 11) is 0. The molecule has 0 radical (unpaired) electrons. The minimum atomic E-state index is -0.812. The number of hydrogen-bond acceptors (Lipinski definition) is 4. The molecule has 1 atom stereocenters. The molecule has 7 heteroatoms. The van der Waals surface area contributed by atoms with Gasteiger partial charge in [-0.3, -0.25) is 9.59 Å². The highest BCUT2D eigenvalue weighted by molar-refractivity contribution is 7.98. The molecular formula is C20H18FN3O2S. The topological polar surface area (TPSA) is 64.0 Å². The van der Waals surface area contributed by atoms with Gasteiger partial charge < -0.3 is 5.32 Å². The summed E-state index contributed by atoms with van der Waals surface area (Å²) in [6, 6.07) is 15.3. The lowest BCUT2D eigenvalue weighted by Crippen LogP contribution is -2.33. The Hall–Kier alpha value is -2.93. The van der Waals surface area contributed by atoms with Crippen LogP contribution in [0.5, 0.6) is 0 Å². The summed E-state index contributed by atoms with van der Waals surface area (Å²) >= 11 is 1.52. The van der Waals surface area contributed by atoms with E-state index in [0.29, 0.717) is 16.9 Å². The molecule has 0 aliphatic carbocycles. The maximum Gasteiger partial charge on any atom is 0.267 e. The highest BCUT2D eigenvalue weighted by atomic mass is 32.2. The van der Waals surface area contributed by atoms with Crippen LogP contribution >= 0.6 is 11.8 Å². The lowest BCUT2D eigenvalue weighted by molar-refractivity contribution is -0.119. The van der Waals surface area contributed by atoms with Gasteiger partial charge in [-0.25, -0.2) is 9.07 Å². The van der Waals surface area contributed by atoms with Crippen molar-refractivity contribution in [2.24, 2.45) is 0 Å². The van der Waals surface area contributed by atoms with Crippen molar-refractivity contribution in [2.45, 2.75) is 17.9 Å². The quantitative estimate of drug-likeness (QED) is 0.677. The van der Waals surface area contributed by atoms with Crippen molar-refractivity contribution in [2.75, 3.05) is 11.6 Å². The molecule has 5 nitrogen and oxygen atoms in total. The molecule has 1 unspecified atom stereocenters. The van der Waals surface area contributed by atoms with Gasteiger partial charge in [0, 0.05) is 16.5 Å². The fourth-order valence-electron chi connectivity index (χ4n) is 2.57. The predicted octanol–water partition coefficient (Wildman–Crippen LogP) is 3.97. The maximum atomic E-state index is 13.1. The van der Waals surface area contributed by atoms with E-state index in [2.05, 4.69) is 10.4 Å². The smallest absolute Gasteiger partial charge is 0.267 e. The molecule has 1 heterocycles. The summed E-state index contributed by atoms with van der Waals surface area (Å²) in [5, 5.41) is 7.14. The van der Waals surface area contributed by atoms with E-state index in [4.69, 9.17) is 0 Å². The molecule has 3 rings (SSSR count). The molecular weight excluding hydrogens is 365 g/mol. The van der Waals surface area contributed by atoms with Crippen LogP contribution in [0.1, 0.15) is 13.0 Å². The molecule has 27 heavy (non-hydrogen) atoms. The number of aromatic nitrogens is 2. The van der Waals surface area contributed by atoms with E-state index >= 15 is 0 Å². The number of amides is 1. The van der Waals surface area contributed by atoms with Crippen molar-refractivity contribution in [1.29, 1.82) is 0 Å². The molecule has 0 aliphatic rings. The largest absolute Gasteiger partial charge is 0.323 e. The van der Waals surface area contributed by atoms with E-state index in [9.17, 15) is 14.0 Å². The highest BCUT2D eigenvalue weighted by Gasteiger charge is 2.19. The molecule has 1 amide bonds. The molecule has 1 aromatic heterocycles. The Balaban J connectivity index is 1.88. The normalized spacial score (nSPS) is 11.8. The molecule has 1 N–H and O–H groups in total. The van der Waals surface area contributed by atoms with Gasteiger partial charge in [0.25, 0.3) is 5.56 Å². The lowest BCUT2D eigenvalue weighted by atomic mass is 10.1. The molecule has 0 saturated carbocycles. The fraction of sp³-hybridized carbons (Fsp3) is 0.150. The van der Waals surface area contributed by atoms with Crippen LogP contribution in [-0.2, 0) is 4.79 Å². The summed E-state index contributed by atoms with van der Waals surface area (Å²) in [4.78, 5) is 25.8. The van der Waals surface area contributed by atoms with Gasteiger partial charge in [0.1, 0.15) is 11.9 Å². The average molecular weight is 383 g/mol. The van der Waals surface area contributed by atoms with Crippen LogP contribution in [0.3, 0.4) is 0 Å². The molecule has 3 aromatic rings. The van der Waals surface area contributed by atoms with E-state index in [-0.39, 0.29) is 17.3 Å². The van der Waals surface area contributed by atoms with Gasteiger partial charge >= 0.3 is 0 Å². The Morgan fingerprint density at radius 1 is 1.11 bits per heavy atom. The van der Waals surface area contributed by atoms with Crippen molar-refractivity contribution in [1.82, 2.24) is 9.78 Å². The predicted molar refractivity (Wildman–Crippen MR) is 105 cm³/mol. The van der Waals surface area contributed by atoms with Gasteiger partial charge in [-0.15, -0.1) is 11.8 Å². The number of nitrogens with zero attached hydrogens (tertiary/aromatic N) is 2. The van der Waals surface area contributed by atoms with Crippen LogP contribution in [0.15, 0.2) is 70.4 Å².